The van der Waals surface area contributed by atoms with Crippen molar-refractivity contribution >= 4 is 38.5 Å². The van der Waals surface area contributed by atoms with Gasteiger partial charge in [-0.25, -0.2) is 0 Å². The van der Waals surface area contributed by atoms with Crippen LogP contribution in [-0.4, -0.2) is 14.9 Å². The summed E-state index contributed by atoms with van der Waals surface area (Å²) in [6.45, 7) is 0. The molecule has 0 radical (unpaired) electrons. The summed E-state index contributed by atoms with van der Waals surface area (Å²) in [6.07, 6.45) is 0. The summed E-state index contributed by atoms with van der Waals surface area (Å²) >= 11 is 0. The highest BCUT2D eigenvalue weighted by molar-refractivity contribution is 6.19. The standard InChI is InChI=1S/C39H26N2O/c42-39(28-14-6-2-7-15-28)29-20-22-31(23-21-29)41-35-19-11-10-18-32(35)33-24-25-36-34(38(33)41)26-37(27-12-4-1-5-13-27)40(36)30-16-8-3-9-17-30/h1-26H. The second kappa shape index (κ2) is 9.76. The van der Waals surface area contributed by atoms with E-state index in [-0.39, 0.29) is 5.78 Å². The first-order chi connectivity index (χ1) is 20.8. The first kappa shape index (κ1) is 24.2. The third-order valence-electron chi connectivity index (χ3n) is 8.12. The van der Waals surface area contributed by atoms with Crippen LogP contribution in [0.25, 0.3) is 55.3 Å². The number of benzene rings is 6. The summed E-state index contributed by atoms with van der Waals surface area (Å²) in [6, 6.07) is 54.0. The lowest BCUT2D eigenvalue weighted by molar-refractivity contribution is 0.103. The largest absolute Gasteiger partial charge is 0.309 e. The van der Waals surface area contributed by atoms with Crippen molar-refractivity contribution in [3.05, 3.63) is 169 Å². The highest BCUT2D eigenvalue weighted by Gasteiger charge is 2.20. The lowest BCUT2D eigenvalue weighted by Gasteiger charge is -2.12. The van der Waals surface area contributed by atoms with Gasteiger partial charge in [0.15, 0.2) is 5.78 Å². The van der Waals surface area contributed by atoms with Gasteiger partial charge < -0.3 is 9.13 Å². The molecule has 0 aliphatic heterocycles. The normalized spacial score (nSPS) is 11.4. The minimum atomic E-state index is 0.0270. The maximum atomic E-state index is 13.1. The molecule has 0 bridgehead atoms. The molecule has 0 saturated heterocycles. The maximum absolute atomic E-state index is 13.1. The molecule has 2 heterocycles. The zero-order valence-electron chi connectivity index (χ0n) is 22.8. The molecule has 0 atom stereocenters. The maximum Gasteiger partial charge on any atom is 0.193 e. The van der Waals surface area contributed by atoms with Crippen molar-refractivity contribution < 1.29 is 4.79 Å². The molecule has 3 heteroatoms. The quantitative estimate of drug-likeness (QED) is 0.200. The summed E-state index contributed by atoms with van der Waals surface area (Å²) in [7, 11) is 0. The van der Waals surface area contributed by atoms with Crippen molar-refractivity contribution in [1.82, 2.24) is 9.13 Å². The Labute approximate surface area is 243 Å². The lowest BCUT2D eigenvalue weighted by Crippen LogP contribution is -2.02. The van der Waals surface area contributed by atoms with Crippen LogP contribution in [0.3, 0.4) is 0 Å². The zero-order chi connectivity index (χ0) is 28.0. The molecule has 0 saturated carbocycles. The highest BCUT2D eigenvalue weighted by atomic mass is 16.1. The van der Waals surface area contributed by atoms with Gasteiger partial charge in [-0.1, -0.05) is 103 Å². The molecule has 0 aliphatic carbocycles. The molecule has 42 heavy (non-hydrogen) atoms. The molecule has 0 aliphatic rings. The number of rotatable bonds is 5. The van der Waals surface area contributed by atoms with Crippen molar-refractivity contribution in [3.8, 4) is 22.6 Å². The minimum absolute atomic E-state index is 0.0270. The molecule has 8 rings (SSSR count). The van der Waals surface area contributed by atoms with E-state index in [1.807, 2.05) is 42.5 Å². The Morgan fingerprint density at radius 3 is 1.74 bits per heavy atom. The molecule has 0 amide bonds. The number of ketones is 1. The molecule has 6 aromatic carbocycles. The number of hydrogen-bond donors (Lipinski definition) is 0. The molecule has 198 valence electrons. The Bertz CT molecular complexity index is 2220. The first-order valence-electron chi connectivity index (χ1n) is 14.2. The predicted octanol–water partition coefficient (Wildman–Crippen LogP) is 9.63. The number of carbonyl (C=O) groups excluding carboxylic acids is 1. The molecular weight excluding hydrogens is 512 g/mol. The molecule has 0 unspecified atom stereocenters. The second-order valence-electron chi connectivity index (χ2n) is 10.6. The fraction of sp³-hybridized carbons (Fsp3) is 0. The smallest absolute Gasteiger partial charge is 0.193 e. The van der Waals surface area contributed by atoms with E-state index in [9.17, 15) is 4.79 Å². The fourth-order valence-electron chi connectivity index (χ4n) is 6.20. The topological polar surface area (TPSA) is 26.9 Å². The Balaban J connectivity index is 1.41. The van der Waals surface area contributed by atoms with Crippen LogP contribution in [-0.2, 0) is 0 Å². The third-order valence-corrected chi connectivity index (χ3v) is 8.12. The van der Waals surface area contributed by atoms with Gasteiger partial charge in [0.1, 0.15) is 0 Å². The van der Waals surface area contributed by atoms with E-state index in [0.717, 1.165) is 39.2 Å². The van der Waals surface area contributed by atoms with Gasteiger partial charge in [0.05, 0.1) is 22.2 Å². The number of para-hydroxylation sites is 2. The van der Waals surface area contributed by atoms with E-state index in [0.29, 0.717) is 11.1 Å². The fourth-order valence-corrected chi connectivity index (χ4v) is 6.20. The van der Waals surface area contributed by atoms with Crippen LogP contribution in [0.5, 0.6) is 0 Å². The van der Waals surface area contributed by atoms with Crippen LogP contribution in [0.4, 0.5) is 0 Å². The first-order valence-corrected chi connectivity index (χ1v) is 14.2. The number of hydrogen-bond acceptors (Lipinski definition) is 1. The van der Waals surface area contributed by atoms with Crippen LogP contribution < -0.4 is 0 Å². The van der Waals surface area contributed by atoms with Gasteiger partial charge in [-0.05, 0) is 60.2 Å². The van der Waals surface area contributed by atoms with Crippen LogP contribution in [0.1, 0.15) is 15.9 Å². The number of aromatic nitrogens is 2. The monoisotopic (exact) mass is 538 g/mol. The van der Waals surface area contributed by atoms with Gasteiger partial charge in [-0.3, -0.25) is 4.79 Å². The molecule has 3 nitrogen and oxygen atoms in total. The van der Waals surface area contributed by atoms with Gasteiger partial charge >= 0.3 is 0 Å². The van der Waals surface area contributed by atoms with Crippen molar-refractivity contribution in [2.75, 3.05) is 0 Å². The van der Waals surface area contributed by atoms with Crippen LogP contribution in [0, 0.1) is 0 Å². The number of carbonyl (C=O) groups is 1. The Kier molecular flexibility index (Phi) is 5.61. The van der Waals surface area contributed by atoms with Crippen molar-refractivity contribution in [3.63, 3.8) is 0 Å². The van der Waals surface area contributed by atoms with Gasteiger partial charge in [0, 0.05) is 38.7 Å². The Morgan fingerprint density at radius 1 is 0.429 bits per heavy atom. The second-order valence-corrected chi connectivity index (χ2v) is 10.6. The average Bonchev–Trinajstić information content (AvgIpc) is 3.62. The minimum Gasteiger partial charge on any atom is -0.309 e. The highest BCUT2D eigenvalue weighted by Crippen LogP contribution is 2.40. The van der Waals surface area contributed by atoms with E-state index in [4.69, 9.17) is 0 Å². The number of nitrogens with zero attached hydrogens (tertiary/aromatic N) is 2. The third kappa shape index (κ3) is 3.79. The van der Waals surface area contributed by atoms with E-state index in [2.05, 4.69) is 124 Å². The number of fused-ring (bicyclic) bond motifs is 5. The van der Waals surface area contributed by atoms with Crippen molar-refractivity contribution in [2.45, 2.75) is 0 Å². The van der Waals surface area contributed by atoms with Crippen LogP contribution in [0.2, 0.25) is 0 Å². The summed E-state index contributed by atoms with van der Waals surface area (Å²) in [5.41, 5.74) is 9.26. The summed E-state index contributed by atoms with van der Waals surface area (Å²) in [5, 5.41) is 3.58. The zero-order valence-corrected chi connectivity index (χ0v) is 22.8. The Hall–Kier alpha value is -5.67. The summed E-state index contributed by atoms with van der Waals surface area (Å²) in [4.78, 5) is 13.1. The molecule has 0 fully saturated rings. The molecular formula is C39H26N2O. The average molecular weight is 539 g/mol. The molecule has 0 N–H and O–H groups in total. The predicted molar refractivity (Wildman–Crippen MR) is 173 cm³/mol. The molecule has 0 spiro atoms. The Morgan fingerprint density at radius 2 is 1.00 bits per heavy atom. The van der Waals surface area contributed by atoms with Crippen LogP contribution >= 0.6 is 0 Å². The molecule has 8 aromatic rings. The van der Waals surface area contributed by atoms with Crippen molar-refractivity contribution in [1.29, 1.82) is 0 Å². The van der Waals surface area contributed by atoms with E-state index < -0.39 is 0 Å². The van der Waals surface area contributed by atoms with Gasteiger partial charge in [0.2, 0.25) is 0 Å². The SMILES string of the molecule is O=C(c1ccccc1)c1ccc(-n2c3ccccc3c3ccc4c(cc(-c5ccccc5)n4-c4ccccc4)c32)cc1. The lowest BCUT2D eigenvalue weighted by atomic mass is 10.0. The van der Waals surface area contributed by atoms with E-state index in [1.165, 1.54) is 16.2 Å². The van der Waals surface area contributed by atoms with E-state index in [1.54, 1.807) is 0 Å². The summed E-state index contributed by atoms with van der Waals surface area (Å²) < 4.78 is 4.70. The van der Waals surface area contributed by atoms with Gasteiger partial charge in [-0.15, -0.1) is 0 Å². The molecule has 2 aromatic heterocycles. The summed E-state index contributed by atoms with van der Waals surface area (Å²) in [5.74, 6) is 0.0270. The van der Waals surface area contributed by atoms with Crippen molar-refractivity contribution in [2.24, 2.45) is 0 Å². The van der Waals surface area contributed by atoms with Gasteiger partial charge in [-0.2, -0.15) is 0 Å². The van der Waals surface area contributed by atoms with Crippen LogP contribution in [0.15, 0.2) is 158 Å². The van der Waals surface area contributed by atoms with Gasteiger partial charge in [0.25, 0.3) is 0 Å². The van der Waals surface area contributed by atoms with E-state index >= 15 is 0 Å².